The zero-order valence-corrected chi connectivity index (χ0v) is 15.0. The number of carbonyl (C=O) groups is 6. The molecule has 1 saturated heterocycles. The van der Waals surface area contributed by atoms with Gasteiger partial charge in [-0.05, 0) is 0 Å². The van der Waals surface area contributed by atoms with Crippen molar-refractivity contribution in [3.8, 4) is 0 Å². The number of carboxylic acid groups (broad SMARTS) is 2. The lowest BCUT2D eigenvalue weighted by atomic mass is 10.1. The Labute approximate surface area is 158 Å². The van der Waals surface area contributed by atoms with Crippen LogP contribution >= 0.6 is 12.6 Å². The van der Waals surface area contributed by atoms with Crippen molar-refractivity contribution in [2.75, 3.05) is 13.1 Å². The summed E-state index contributed by atoms with van der Waals surface area (Å²) in [6, 6.07) is -2.82. The molecule has 12 nitrogen and oxygen atoms in total. The highest BCUT2D eigenvalue weighted by atomic mass is 32.1. The van der Waals surface area contributed by atoms with Crippen molar-refractivity contribution in [3.05, 3.63) is 0 Å². The first-order chi connectivity index (χ1) is 12.6. The largest absolute Gasteiger partial charge is 0.481 e. The van der Waals surface area contributed by atoms with Gasteiger partial charge in [-0.2, -0.15) is 12.6 Å². The maximum Gasteiger partial charge on any atom is 0.319 e. The van der Waals surface area contributed by atoms with E-state index in [1.807, 2.05) is 0 Å². The molecule has 0 saturated carbocycles. The highest BCUT2D eigenvalue weighted by molar-refractivity contribution is 7.81. The standard InChI is InChI=1S/C14H20N4O8S/c19-7-1-4-16-13(24)10(11(27)14(25)26)18-8(20)2-3-15-12(23)6(17-7)5-9(21)22/h6,10-11,27H,1-5H2,(H,15,23)(H,16,24)(H,17,19)(H,18,20)(H,21,22)(H,25,26)/t6-,10-,11+/m0/s1. The van der Waals surface area contributed by atoms with Crippen molar-refractivity contribution < 1.29 is 39.0 Å². The summed E-state index contributed by atoms with van der Waals surface area (Å²) < 4.78 is 0. The minimum Gasteiger partial charge on any atom is -0.481 e. The summed E-state index contributed by atoms with van der Waals surface area (Å²) in [4.78, 5) is 69.8. The van der Waals surface area contributed by atoms with E-state index in [-0.39, 0.29) is 25.9 Å². The molecule has 0 bridgehead atoms. The number of amides is 4. The van der Waals surface area contributed by atoms with Gasteiger partial charge in [0.25, 0.3) is 0 Å². The first-order valence-corrected chi connectivity index (χ1v) is 8.40. The minimum absolute atomic E-state index is 0.213. The Bertz CT molecular complexity index is 641. The number of thiol groups is 1. The molecular weight excluding hydrogens is 384 g/mol. The van der Waals surface area contributed by atoms with Crippen molar-refractivity contribution in [1.82, 2.24) is 21.3 Å². The number of nitrogens with one attached hydrogen (secondary N) is 4. The van der Waals surface area contributed by atoms with Crippen LogP contribution in [0, 0.1) is 0 Å². The first kappa shape index (κ1) is 22.2. The molecule has 3 atom stereocenters. The molecule has 0 aromatic heterocycles. The van der Waals surface area contributed by atoms with Crippen molar-refractivity contribution in [3.63, 3.8) is 0 Å². The average Bonchev–Trinajstić information content (AvgIpc) is 2.57. The van der Waals surface area contributed by atoms with E-state index in [0.29, 0.717) is 0 Å². The highest BCUT2D eigenvalue weighted by Gasteiger charge is 2.32. The third-order valence-electron chi connectivity index (χ3n) is 3.50. The Balaban J connectivity index is 2.91. The van der Waals surface area contributed by atoms with Crippen LogP contribution < -0.4 is 21.3 Å². The van der Waals surface area contributed by atoms with E-state index in [4.69, 9.17) is 10.2 Å². The molecule has 0 aromatic carbocycles. The first-order valence-electron chi connectivity index (χ1n) is 7.88. The summed E-state index contributed by atoms with van der Waals surface area (Å²) in [5.74, 6) is -5.77. The summed E-state index contributed by atoms with van der Waals surface area (Å²) in [5.41, 5.74) is 0. The number of aliphatic carboxylic acids is 2. The molecule has 0 aliphatic carbocycles. The number of rotatable bonds is 4. The topological polar surface area (TPSA) is 191 Å². The van der Waals surface area contributed by atoms with Crippen LogP contribution in [0.5, 0.6) is 0 Å². The molecule has 150 valence electrons. The second-order valence-electron chi connectivity index (χ2n) is 5.63. The van der Waals surface area contributed by atoms with Gasteiger partial charge in [-0.1, -0.05) is 0 Å². The van der Waals surface area contributed by atoms with E-state index in [1.54, 1.807) is 0 Å². The molecule has 0 radical (unpaired) electrons. The Morgan fingerprint density at radius 3 is 2.00 bits per heavy atom. The third kappa shape index (κ3) is 7.52. The molecule has 1 fully saturated rings. The molecule has 4 amide bonds. The SMILES string of the molecule is O=C(O)C[C@@H]1NC(=O)CCNC(=O)[C@H]([C@@H](S)C(=O)O)NC(=O)CCNC1=O. The van der Waals surface area contributed by atoms with Gasteiger partial charge in [0.05, 0.1) is 6.42 Å². The Morgan fingerprint density at radius 2 is 1.48 bits per heavy atom. The minimum atomic E-state index is -1.52. The van der Waals surface area contributed by atoms with E-state index < -0.39 is 59.3 Å². The second kappa shape index (κ2) is 10.4. The summed E-state index contributed by atoms with van der Waals surface area (Å²) in [6.45, 7) is -0.437. The molecule has 1 heterocycles. The maximum absolute atomic E-state index is 12.1. The van der Waals surface area contributed by atoms with Crippen molar-refractivity contribution >= 4 is 48.2 Å². The number of hydrogen-bond acceptors (Lipinski definition) is 7. The molecule has 27 heavy (non-hydrogen) atoms. The number of carbonyl (C=O) groups excluding carboxylic acids is 4. The zero-order valence-electron chi connectivity index (χ0n) is 14.1. The lowest BCUT2D eigenvalue weighted by Gasteiger charge is -2.22. The van der Waals surface area contributed by atoms with Gasteiger partial charge in [-0.15, -0.1) is 0 Å². The Morgan fingerprint density at radius 1 is 0.963 bits per heavy atom. The van der Waals surface area contributed by atoms with Gasteiger partial charge < -0.3 is 31.5 Å². The quantitative estimate of drug-likeness (QED) is 0.239. The normalized spacial score (nSPS) is 23.7. The summed E-state index contributed by atoms with van der Waals surface area (Å²) in [6.07, 6.45) is -1.25. The summed E-state index contributed by atoms with van der Waals surface area (Å²) in [7, 11) is 0. The van der Waals surface area contributed by atoms with Gasteiger partial charge in [-0.25, -0.2) is 0 Å². The van der Waals surface area contributed by atoms with Crippen molar-refractivity contribution in [2.45, 2.75) is 36.6 Å². The molecular formula is C14H20N4O8S. The smallest absolute Gasteiger partial charge is 0.319 e. The van der Waals surface area contributed by atoms with Crippen molar-refractivity contribution in [1.29, 1.82) is 0 Å². The van der Waals surface area contributed by atoms with Crippen LogP contribution in [0.4, 0.5) is 0 Å². The summed E-state index contributed by atoms with van der Waals surface area (Å²) in [5, 5.41) is 25.4. The van der Waals surface area contributed by atoms with Gasteiger partial charge in [0.1, 0.15) is 17.3 Å². The molecule has 13 heteroatoms. The van der Waals surface area contributed by atoms with E-state index in [1.165, 1.54) is 0 Å². The van der Waals surface area contributed by atoms with Gasteiger partial charge >= 0.3 is 11.9 Å². The van der Waals surface area contributed by atoms with Crippen LogP contribution in [0.15, 0.2) is 0 Å². The Kier molecular flexibility index (Phi) is 8.51. The highest BCUT2D eigenvalue weighted by Crippen LogP contribution is 2.05. The summed E-state index contributed by atoms with van der Waals surface area (Å²) >= 11 is 3.80. The van der Waals surface area contributed by atoms with Crippen LogP contribution in [0.3, 0.4) is 0 Å². The van der Waals surface area contributed by atoms with E-state index in [2.05, 4.69) is 33.9 Å². The predicted octanol–water partition coefficient (Wildman–Crippen LogP) is -3.16. The van der Waals surface area contributed by atoms with Crippen LogP contribution in [0.25, 0.3) is 0 Å². The Hall–Kier alpha value is -2.83. The van der Waals surface area contributed by atoms with Gasteiger partial charge in [-0.3, -0.25) is 28.8 Å². The van der Waals surface area contributed by atoms with E-state index >= 15 is 0 Å². The molecule has 1 aliphatic rings. The lowest BCUT2D eigenvalue weighted by molar-refractivity contribution is -0.141. The van der Waals surface area contributed by atoms with Crippen molar-refractivity contribution in [2.24, 2.45) is 0 Å². The van der Waals surface area contributed by atoms with Gasteiger partial charge in [0.2, 0.25) is 23.6 Å². The van der Waals surface area contributed by atoms with E-state index in [0.717, 1.165) is 0 Å². The van der Waals surface area contributed by atoms with Crippen LogP contribution in [-0.4, -0.2) is 76.2 Å². The third-order valence-corrected chi connectivity index (χ3v) is 4.02. The molecule has 0 spiro atoms. The fourth-order valence-corrected chi connectivity index (χ4v) is 2.37. The molecule has 0 aromatic rings. The number of carboxylic acids is 2. The predicted molar refractivity (Wildman–Crippen MR) is 91.8 cm³/mol. The monoisotopic (exact) mass is 404 g/mol. The zero-order chi connectivity index (χ0) is 20.6. The van der Waals surface area contributed by atoms with Gasteiger partial charge in [0.15, 0.2) is 0 Å². The average molecular weight is 404 g/mol. The molecule has 1 rings (SSSR count). The van der Waals surface area contributed by atoms with Gasteiger partial charge in [0, 0.05) is 25.9 Å². The molecule has 0 unspecified atom stereocenters. The molecule has 1 aliphatic heterocycles. The van der Waals surface area contributed by atoms with Crippen LogP contribution in [0.2, 0.25) is 0 Å². The van der Waals surface area contributed by atoms with Crippen LogP contribution in [-0.2, 0) is 28.8 Å². The second-order valence-corrected chi connectivity index (χ2v) is 6.18. The fourth-order valence-electron chi connectivity index (χ4n) is 2.16. The fraction of sp³-hybridized carbons (Fsp3) is 0.571. The molecule has 6 N–H and O–H groups in total. The van der Waals surface area contributed by atoms with Crippen LogP contribution in [0.1, 0.15) is 19.3 Å². The maximum atomic E-state index is 12.1. The lowest BCUT2D eigenvalue weighted by Crippen LogP contribution is -2.55. The van der Waals surface area contributed by atoms with E-state index in [9.17, 15) is 28.8 Å². The number of hydrogen-bond donors (Lipinski definition) is 7.